The van der Waals surface area contributed by atoms with Gasteiger partial charge in [-0.1, -0.05) is 32.6 Å². The van der Waals surface area contributed by atoms with Crippen molar-refractivity contribution in [1.82, 2.24) is 0 Å². The van der Waals surface area contributed by atoms with Gasteiger partial charge in [-0.15, -0.1) is 0 Å². The second kappa shape index (κ2) is 8.84. The van der Waals surface area contributed by atoms with Gasteiger partial charge in [0.2, 0.25) is 0 Å². The largest absolute Gasteiger partial charge is 0.513 e. The van der Waals surface area contributed by atoms with E-state index in [0.717, 1.165) is 25.7 Å². The number of nitrogens with two attached hydrogens (primary N) is 1. The van der Waals surface area contributed by atoms with E-state index in [2.05, 4.69) is 6.92 Å². The van der Waals surface area contributed by atoms with E-state index in [1.807, 2.05) is 0 Å². The highest BCUT2D eigenvalue weighted by Gasteiger charge is 2.11. The van der Waals surface area contributed by atoms with Crippen LogP contribution < -0.4 is 10.5 Å². The molecule has 1 aromatic carbocycles. The van der Waals surface area contributed by atoms with Crippen molar-refractivity contribution in [3.8, 4) is 5.75 Å². The summed E-state index contributed by atoms with van der Waals surface area (Å²) in [7, 11) is 0. The molecule has 0 aromatic heterocycles. The third kappa shape index (κ3) is 6.16. The summed E-state index contributed by atoms with van der Waals surface area (Å²) in [5.74, 6) is -0.970. The van der Waals surface area contributed by atoms with Crippen molar-refractivity contribution in [2.45, 2.75) is 39.0 Å². The number of carboxylic acids is 1. The molecule has 116 valence electrons. The quantitative estimate of drug-likeness (QED) is 0.330. The van der Waals surface area contributed by atoms with Gasteiger partial charge in [0.25, 0.3) is 0 Å². The Morgan fingerprint density at radius 3 is 2.52 bits per heavy atom. The van der Waals surface area contributed by atoms with Crippen LogP contribution in [0.15, 0.2) is 18.2 Å². The van der Waals surface area contributed by atoms with Crippen molar-refractivity contribution >= 4 is 17.8 Å². The summed E-state index contributed by atoms with van der Waals surface area (Å²) in [5.41, 5.74) is 5.55. The Morgan fingerprint density at radius 1 is 1.19 bits per heavy atom. The first-order chi connectivity index (χ1) is 10.0. The predicted molar refractivity (Wildman–Crippen MR) is 78.5 cm³/mol. The molecule has 21 heavy (non-hydrogen) atoms. The molecule has 1 aromatic rings. The first-order valence-corrected chi connectivity index (χ1v) is 7.02. The van der Waals surface area contributed by atoms with Crippen molar-refractivity contribution in [1.29, 1.82) is 0 Å². The van der Waals surface area contributed by atoms with E-state index < -0.39 is 12.1 Å². The standard InChI is InChI=1S/C15H21NO5/c1-2-3-4-5-6-9-20-15(19)21-11-7-8-12(14(17)18)13(16)10-11/h7-8,10H,2-6,9,16H2,1H3,(H,17,18). The van der Waals surface area contributed by atoms with Crippen LogP contribution >= 0.6 is 0 Å². The van der Waals surface area contributed by atoms with Gasteiger partial charge in [0.15, 0.2) is 0 Å². The fraction of sp³-hybridized carbons (Fsp3) is 0.467. The third-order valence-corrected chi connectivity index (χ3v) is 2.92. The highest BCUT2D eigenvalue weighted by Crippen LogP contribution is 2.20. The Hall–Kier alpha value is -2.24. The van der Waals surface area contributed by atoms with Crippen LogP contribution in [0.5, 0.6) is 5.75 Å². The highest BCUT2D eigenvalue weighted by atomic mass is 16.7. The smallest absolute Gasteiger partial charge is 0.478 e. The summed E-state index contributed by atoms with van der Waals surface area (Å²) in [4.78, 5) is 22.2. The van der Waals surface area contributed by atoms with Gasteiger partial charge in [0, 0.05) is 11.8 Å². The predicted octanol–water partition coefficient (Wildman–Crippen LogP) is 3.45. The second-order valence-corrected chi connectivity index (χ2v) is 4.67. The Labute approximate surface area is 123 Å². The molecule has 0 saturated heterocycles. The normalized spacial score (nSPS) is 10.1. The summed E-state index contributed by atoms with van der Waals surface area (Å²) >= 11 is 0. The van der Waals surface area contributed by atoms with Crippen molar-refractivity contribution in [2.75, 3.05) is 12.3 Å². The molecule has 0 unspecified atom stereocenters. The minimum absolute atomic E-state index is 0.0346. The Bertz CT molecular complexity index is 487. The molecule has 0 fully saturated rings. The van der Waals surface area contributed by atoms with Gasteiger partial charge in [-0.05, 0) is 18.6 Å². The summed E-state index contributed by atoms with van der Waals surface area (Å²) in [6.07, 6.45) is 4.47. The van der Waals surface area contributed by atoms with Crippen LogP contribution in [0, 0.1) is 0 Å². The number of hydrogen-bond donors (Lipinski definition) is 2. The first kappa shape index (κ1) is 16.8. The number of hydrogen-bond acceptors (Lipinski definition) is 5. The third-order valence-electron chi connectivity index (χ3n) is 2.92. The molecule has 0 saturated carbocycles. The van der Waals surface area contributed by atoms with Crippen LogP contribution in [0.1, 0.15) is 49.4 Å². The minimum Gasteiger partial charge on any atom is -0.478 e. The lowest BCUT2D eigenvalue weighted by Crippen LogP contribution is -2.12. The van der Waals surface area contributed by atoms with E-state index in [1.54, 1.807) is 0 Å². The highest BCUT2D eigenvalue weighted by molar-refractivity contribution is 5.93. The van der Waals surface area contributed by atoms with Crippen LogP contribution in [-0.2, 0) is 4.74 Å². The maximum absolute atomic E-state index is 11.4. The van der Waals surface area contributed by atoms with Gasteiger partial charge < -0.3 is 20.3 Å². The molecule has 6 heteroatoms. The Morgan fingerprint density at radius 2 is 1.90 bits per heavy atom. The fourth-order valence-corrected chi connectivity index (χ4v) is 1.79. The zero-order valence-electron chi connectivity index (χ0n) is 12.1. The molecular formula is C15H21NO5. The van der Waals surface area contributed by atoms with Crippen LogP contribution in [0.3, 0.4) is 0 Å². The van der Waals surface area contributed by atoms with E-state index >= 15 is 0 Å². The molecule has 0 aliphatic carbocycles. The van der Waals surface area contributed by atoms with Crippen molar-refractivity contribution in [3.63, 3.8) is 0 Å². The average Bonchev–Trinajstić information content (AvgIpc) is 2.42. The van der Waals surface area contributed by atoms with Crippen molar-refractivity contribution < 1.29 is 24.2 Å². The van der Waals surface area contributed by atoms with Crippen LogP contribution in [0.4, 0.5) is 10.5 Å². The van der Waals surface area contributed by atoms with Crippen LogP contribution in [0.2, 0.25) is 0 Å². The second-order valence-electron chi connectivity index (χ2n) is 4.67. The lowest BCUT2D eigenvalue weighted by molar-refractivity contribution is 0.0698. The summed E-state index contributed by atoms with van der Waals surface area (Å²) in [6.45, 7) is 2.44. The molecule has 0 atom stereocenters. The molecule has 0 bridgehead atoms. The number of carbonyl (C=O) groups excluding carboxylic acids is 1. The average molecular weight is 295 g/mol. The van der Waals surface area contributed by atoms with E-state index in [0.29, 0.717) is 6.61 Å². The first-order valence-electron chi connectivity index (χ1n) is 7.02. The number of ether oxygens (including phenoxy) is 2. The number of carboxylic acid groups (broad SMARTS) is 1. The number of rotatable bonds is 8. The fourth-order valence-electron chi connectivity index (χ4n) is 1.79. The topological polar surface area (TPSA) is 98.8 Å². The van der Waals surface area contributed by atoms with Crippen LogP contribution in [-0.4, -0.2) is 23.8 Å². The minimum atomic E-state index is -1.13. The van der Waals surface area contributed by atoms with Gasteiger partial charge in [-0.2, -0.15) is 0 Å². The Kier molecular flexibility index (Phi) is 7.08. The maximum Gasteiger partial charge on any atom is 0.513 e. The van der Waals surface area contributed by atoms with Gasteiger partial charge in [-0.25, -0.2) is 9.59 Å². The monoisotopic (exact) mass is 295 g/mol. The summed E-state index contributed by atoms with van der Waals surface area (Å²) in [6, 6.07) is 3.93. The molecule has 3 N–H and O–H groups in total. The zero-order valence-corrected chi connectivity index (χ0v) is 12.1. The molecule has 0 heterocycles. The van der Waals surface area contributed by atoms with Crippen molar-refractivity contribution in [3.05, 3.63) is 23.8 Å². The molecule has 0 aliphatic rings. The Balaban J connectivity index is 2.34. The van der Waals surface area contributed by atoms with Gasteiger partial charge >= 0.3 is 12.1 Å². The lowest BCUT2D eigenvalue weighted by Gasteiger charge is -2.07. The van der Waals surface area contributed by atoms with Gasteiger partial charge in [0.05, 0.1) is 12.2 Å². The lowest BCUT2D eigenvalue weighted by atomic mass is 10.2. The van der Waals surface area contributed by atoms with E-state index in [4.69, 9.17) is 20.3 Å². The number of unbranched alkanes of at least 4 members (excludes halogenated alkanes) is 4. The summed E-state index contributed by atoms with van der Waals surface area (Å²) in [5, 5.41) is 8.83. The molecular weight excluding hydrogens is 274 g/mol. The molecule has 0 amide bonds. The van der Waals surface area contributed by atoms with E-state index in [-0.39, 0.29) is 17.0 Å². The number of aromatic carboxylic acids is 1. The molecule has 6 nitrogen and oxygen atoms in total. The number of anilines is 1. The molecule has 0 spiro atoms. The number of nitrogen functional groups attached to an aromatic ring is 1. The zero-order chi connectivity index (χ0) is 15.7. The molecule has 0 aliphatic heterocycles. The van der Waals surface area contributed by atoms with Crippen molar-refractivity contribution in [2.24, 2.45) is 0 Å². The van der Waals surface area contributed by atoms with E-state index in [1.165, 1.54) is 24.6 Å². The number of carbonyl (C=O) groups is 2. The van der Waals surface area contributed by atoms with E-state index in [9.17, 15) is 9.59 Å². The van der Waals surface area contributed by atoms with Crippen LogP contribution in [0.25, 0.3) is 0 Å². The molecule has 1 rings (SSSR count). The maximum atomic E-state index is 11.4. The summed E-state index contributed by atoms with van der Waals surface area (Å²) < 4.78 is 9.85. The number of benzene rings is 1. The van der Waals surface area contributed by atoms with Gasteiger partial charge in [0.1, 0.15) is 5.75 Å². The molecule has 0 radical (unpaired) electrons. The SMILES string of the molecule is CCCCCCCOC(=O)Oc1ccc(C(=O)O)c(N)c1. The van der Waals surface area contributed by atoms with Gasteiger partial charge in [-0.3, -0.25) is 0 Å².